The third-order valence-electron chi connectivity index (χ3n) is 4.88. The van der Waals surface area contributed by atoms with Crippen molar-refractivity contribution in [3.63, 3.8) is 0 Å². The summed E-state index contributed by atoms with van der Waals surface area (Å²) in [6.45, 7) is 2.47. The van der Waals surface area contributed by atoms with Crippen molar-refractivity contribution in [1.82, 2.24) is 15.5 Å². The number of hydrogen-bond donors (Lipinski definition) is 2. The van der Waals surface area contributed by atoms with Gasteiger partial charge in [-0.05, 0) is 37.2 Å². The van der Waals surface area contributed by atoms with Crippen LogP contribution < -0.4 is 10.6 Å². The van der Waals surface area contributed by atoms with Crippen molar-refractivity contribution < 1.29 is 9.59 Å². The smallest absolute Gasteiger partial charge is 0.246 e. The highest BCUT2D eigenvalue weighted by Gasteiger charge is 2.30. The molecule has 2 saturated heterocycles. The van der Waals surface area contributed by atoms with Crippen LogP contribution in [-0.2, 0) is 16.0 Å². The summed E-state index contributed by atoms with van der Waals surface area (Å²) in [5.41, 5.74) is 1.39. The number of nitrogens with zero attached hydrogens (tertiary/aromatic N) is 1. The minimum Gasteiger partial charge on any atom is -0.342 e. The third-order valence-corrected chi connectivity index (χ3v) is 4.88. The lowest BCUT2D eigenvalue weighted by Crippen LogP contribution is -2.59. The molecule has 124 valence electrons. The summed E-state index contributed by atoms with van der Waals surface area (Å²) in [6.07, 6.45) is 4.43. The molecule has 1 atom stereocenters. The standard InChI is InChI=1S/C18H25N3O2/c22-17-13-19-12-16(20-17)18(23)21-10-8-15(9-11-21)7-6-14-4-2-1-3-5-14/h1-5,15-16,19H,6-13H2,(H,20,22)/t16-/m1/s1. The van der Waals surface area contributed by atoms with Crippen LogP contribution in [0.25, 0.3) is 0 Å². The lowest BCUT2D eigenvalue weighted by molar-refractivity contribution is -0.138. The van der Waals surface area contributed by atoms with Gasteiger partial charge in [0.1, 0.15) is 6.04 Å². The number of likely N-dealkylation sites (tertiary alicyclic amines) is 1. The number of aryl methyl sites for hydroxylation is 1. The fraction of sp³-hybridized carbons (Fsp3) is 0.556. The van der Waals surface area contributed by atoms with E-state index < -0.39 is 6.04 Å². The topological polar surface area (TPSA) is 61.4 Å². The Balaban J connectivity index is 1.43. The molecular weight excluding hydrogens is 290 g/mol. The highest BCUT2D eigenvalue weighted by Crippen LogP contribution is 2.23. The van der Waals surface area contributed by atoms with Crippen LogP contribution in [-0.4, -0.2) is 48.9 Å². The zero-order valence-electron chi connectivity index (χ0n) is 13.5. The van der Waals surface area contributed by atoms with E-state index in [9.17, 15) is 9.59 Å². The molecule has 0 saturated carbocycles. The molecule has 2 N–H and O–H groups in total. The molecule has 0 spiro atoms. The molecule has 0 unspecified atom stereocenters. The van der Waals surface area contributed by atoms with Gasteiger partial charge in [0, 0.05) is 19.6 Å². The quantitative estimate of drug-likeness (QED) is 0.869. The summed E-state index contributed by atoms with van der Waals surface area (Å²) in [5.74, 6) is 0.665. The number of piperidine rings is 1. The van der Waals surface area contributed by atoms with Crippen LogP contribution in [0.1, 0.15) is 24.8 Å². The zero-order valence-corrected chi connectivity index (χ0v) is 13.5. The van der Waals surface area contributed by atoms with Crippen LogP contribution in [0.5, 0.6) is 0 Å². The highest BCUT2D eigenvalue weighted by atomic mass is 16.2. The highest BCUT2D eigenvalue weighted by molar-refractivity contribution is 5.89. The van der Waals surface area contributed by atoms with E-state index in [4.69, 9.17) is 0 Å². The molecule has 0 aliphatic carbocycles. The second kappa shape index (κ2) is 7.59. The monoisotopic (exact) mass is 315 g/mol. The molecule has 23 heavy (non-hydrogen) atoms. The Bertz CT molecular complexity index is 538. The molecule has 5 heteroatoms. The van der Waals surface area contributed by atoms with Crippen LogP contribution in [0.4, 0.5) is 0 Å². The van der Waals surface area contributed by atoms with Crippen LogP contribution in [0.2, 0.25) is 0 Å². The minimum absolute atomic E-state index is 0.0621. The molecular formula is C18H25N3O2. The van der Waals surface area contributed by atoms with Gasteiger partial charge in [-0.1, -0.05) is 30.3 Å². The van der Waals surface area contributed by atoms with Gasteiger partial charge in [0.05, 0.1) is 6.54 Å². The fourth-order valence-electron chi connectivity index (χ4n) is 3.45. The van der Waals surface area contributed by atoms with Crippen LogP contribution >= 0.6 is 0 Å². The maximum absolute atomic E-state index is 12.5. The van der Waals surface area contributed by atoms with E-state index in [1.165, 1.54) is 12.0 Å². The summed E-state index contributed by atoms with van der Waals surface area (Å²) < 4.78 is 0. The number of piperazine rings is 1. The largest absolute Gasteiger partial charge is 0.342 e. The molecule has 2 amide bonds. The third kappa shape index (κ3) is 4.32. The van der Waals surface area contributed by atoms with Gasteiger partial charge in [-0.15, -0.1) is 0 Å². The molecule has 2 heterocycles. The molecule has 2 aliphatic heterocycles. The van der Waals surface area contributed by atoms with Crippen molar-refractivity contribution in [3.05, 3.63) is 35.9 Å². The summed E-state index contributed by atoms with van der Waals surface area (Å²) in [5, 5.41) is 5.77. The Morgan fingerprint density at radius 1 is 1.17 bits per heavy atom. The Hall–Kier alpha value is -1.88. The first-order valence-corrected chi connectivity index (χ1v) is 8.55. The van der Waals surface area contributed by atoms with Gasteiger partial charge in [-0.2, -0.15) is 0 Å². The number of nitrogens with one attached hydrogen (secondary N) is 2. The van der Waals surface area contributed by atoms with Crippen molar-refractivity contribution in [3.8, 4) is 0 Å². The number of hydrogen-bond acceptors (Lipinski definition) is 3. The molecule has 1 aromatic rings. The van der Waals surface area contributed by atoms with E-state index >= 15 is 0 Å². The first kappa shape index (κ1) is 16.0. The van der Waals surface area contributed by atoms with Gasteiger partial charge in [0.25, 0.3) is 0 Å². The van der Waals surface area contributed by atoms with Gasteiger partial charge >= 0.3 is 0 Å². The van der Waals surface area contributed by atoms with Crippen molar-refractivity contribution in [2.45, 2.75) is 31.7 Å². The number of amides is 2. The summed E-state index contributed by atoms with van der Waals surface area (Å²) in [6, 6.07) is 10.2. The Morgan fingerprint density at radius 2 is 1.91 bits per heavy atom. The molecule has 5 nitrogen and oxygen atoms in total. The number of carbonyl (C=O) groups excluding carboxylic acids is 2. The molecule has 1 aromatic carbocycles. The predicted octanol–water partition coefficient (Wildman–Crippen LogP) is 0.946. The van der Waals surface area contributed by atoms with Gasteiger partial charge in [0.2, 0.25) is 11.8 Å². The summed E-state index contributed by atoms with van der Waals surface area (Å²) >= 11 is 0. The SMILES string of the molecule is O=C1CNC[C@H](C(=O)N2CCC(CCc3ccccc3)CC2)N1. The molecule has 2 fully saturated rings. The zero-order chi connectivity index (χ0) is 16.1. The molecule has 0 radical (unpaired) electrons. The van der Waals surface area contributed by atoms with Crippen LogP contribution in [0.15, 0.2) is 30.3 Å². The number of benzene rings is 1. The van der Waals surface area contributed by atoms with E-state index in [0.29, 0.717) is 19.0 Å². The van der Waals surface area contributed by atoms with Crippen molar-refractivity contribution >= 4 is 11.8 Å². The van der Waals surface area contributed by atoms with Crippen LogP contribution in [0, 0.1) is 5.92 Å². The van der Waals surface area contributed by atoms with Crippen molar-refractivity contribution in [2.75, 3.05) is 26.2 Å². The maximum atomic E-state index is 12.5. The average molecular weight is 315 g/mol. The second-order valence-electron chi connectivity index (χ2n) is 6.54. The first-order valence-electron chi connectivity index (χ1n) is 8.55. The fourth-order valence-corrected chi connectivity index (χ4v) is 3.45. The van der Waals surface area contributed by atoms with E-state index in [1.807, 2.05) is 11.0 Å². The Morgan fingerprint density at radius 3 is 2.61 bits per heavy atom. The predicted molar refractivity (Wildman–Crippen MR) is 88.9 cm³/mol. The lowest BCUT2D eigenvalue weighted by atomic mass is 9.90. The molecule has 3 rings (SSSR count). The molecule has 2 aliphatic rings. The van der Waals surface area contributed by atoms with Gasteiger partial charge in [-0.25, -0.2) is 0 Å². The van der Waals surface area contributed by atoms with E-state index in [2.05, 4.69) is 34.9 Å². The van der Waals surface area contributed by atoms with Gasteiger partial charge in [-0.3, -0.25) is 9.59 Å². The van der Waals surface area contributed by atoms with Gasteiger partial charge in [0.15, 0.2) is 0 Å². The number of carbonyl (C=O) groups is 2. The second-order valence-corrected chi connectivity index (χ2v) is 6.54. The minimum atomic E-state index is -0.392. The van der Waals surface area contributed by atoms with E-state index in [0.717, 1.165) is 32.4 Å². The van der Waals surface area contributed by atoms with Crippen molar-refractivity contribution in [1.29, 1.82) is 0 Å². The van der Waals surface area contributed by atoms with Crippen molar-refractivity contribution in [2.24, 2.45) is 5.92 Å². The molecule has 0 bridgehead atoms. The maximum Gasteiger partial charge on any atom is 0.246 e. The van der Waals surface area contributed by atoms with Crippen LogP contribution in [0.3, 0.4) is 0 Å². The Labute approximate surface area is 137 Å². The van der Waals surface area contributed by atoms with Gasteiger partial charge < -0.3 is 15.5 Å². The van der Waals surface area contributed by atoms with E-state index in [-0.39, 0.29) is 11.8 Å². The summed E-state index contributed by atoms with van der Waals surface area (Å²) in [7, 11) is 0. The average Bonchev–Trinajstić information content (AvgIpc) is 2.61. The first-order chi connectivity index (χ1) is 11.2. The summed E-state index contributed by atoms with van der Waals surface area (Å²) in [4.78, 5) is 25.8. The number of rotatable bonds is 4. The Kier molecular flexibility index (Phi) is 5.28. The molecule has 0 aromatic heterocycles. The van der Waals surface area contributed by atoms with E-state index in [1.54, 1.807) is 0 Å². The normalized spacial score (nSPS) is 22.7. The lowest BCUT2D eigenvalue weighted by Gasteiger charge is -2.35.